The van der Waals surface area contributed by atoms with Crippen LogP contribution >= 0.6 is 0 Å². The number of hydrogen-bond donors (Lipinski definition) is 0. The minimum absolute atomic E-state index is 0.262. The van der Waals surface area contributed by atoms with Crippen LogP contribution in [0, 0.1) is 10.1 Å². The molecular formula is C20H27NO2. The smallest absolute Gasteiger partial charge is 0.246 e. The summed E-state index contributed by atoms with van der Waals surface area (Å²) in [6.45, 7) is 10.1. The minimum Gasteiger partial charge on any atom is -0.259 e. The molecule has 0 spiro atoms. The van der Waals surface area contributed by atoms with Crippen LogP contribution in [0.5, 0.6) is 0 Å². The van der Waals surface area contributed by atoms with Crippen molar-refractivity contribution in [1.29, 1.82) is 0 Å². The van der Waals surface area contributed by atoms with E-state index in [2.05, 4.69) is 32.9 Å². The Morgan fingerprint density at radius 2 is 1.70 bits per heavy atom. The van der Waals surface area contributed by atoms with Crippen molar-refractivity contribution in [2.24, 2.45) is 0 Å². The van der Waals surface area contributed by atoms with Crippen molar-refractivity contribution < 1.29 is 4.92 Å². The molecule has 0 atom stereocenters. The Morgan fingerprint density at radius 1 is 1.13 bits per heavy atom. The lowest BCUT2D eigenvalue weighted by Gasteiger charge is -2.03. The molecule has 0 aromatic heterocycles. The molecule has 23 heavy (non-hydrogen) atoms. The van der Waals surface area contributed by atoms with Gasteiger partial charge in [0, 0.05) is 12.5 Å². The summed E-state index contributed by atoms with van der Waals surface area (Å²) in [5, 5.41) is 11.1. The van der Waals surface area contributed by atoms with Crippen molar-refractivity contribution in [3.8, 4) is 0 Å². The summed E-state index contributed by atoms with van der Waals surface area (Å²) >= 11 is 0. The van der Waals surface area contributed by atoms with Gasteiger partial charge in [0.05, 0.1) is 4.92 Å². The highest BCUT2D eigenvalue weighted by molar-refractivity contribution is 6.01. The number of allylic oxidation sites excluding steroid dienone is 6. The summed E-state index contributed by atoms with van der Waals surface area (Å²) in [5.74, 6) is 0. The van der Waals surface area contributed by atoms with Gasteiger partial charge in [0.1, 0.15) is 0 Å². The lowest BCUT2D eigenvalue weighted by Crippen LogP contribution is -1.98. The average molecular weight is 313 g/mol. The number of fused-ring (bicyclic) bond motifs is 1. The molecule has 3 nitrogen and oxygen atoms in total. The van der Waals surface area contributed by atoms with Crippen molar-refractivity contribution in [3.63, 3.8) is 0 Å². The van der Waals surface area contributed by atoms with E-state index in [1.807, 2.05) is 32.1 Å². The van der Waals surface area contributed by atoms with Crippen LogP contribution in [0.2, 0.25) is 0 Å². The maximum Gasteiger partial charge on any atom is 0.246 e. The van der Waals surface area contributed by atoms with Crippen molar-refractivity contribution in [2.45, 2.75) is 53.9 Å². The molecule has 0 saturated carbocycles. The summed E-state index contributed by atoms with van der Waals surface area (Å²) in [6.07, 6.45) is 6.34. The predicted octanol–water partition coefficient (Wildman–Crippen LogP) is 6.25. The summed E-state index contributed by atoms with van der Waals surface area (Å²) in [6, 6.07) is 8.20. The molecule has 2 rings (SSSR count). The highest BCUT2D eigenvalue weighted by Crippen LogP contribution is 2.43. The molecule has 0 fully saturated rings. The number of hydrogen-bond acceptors (Lipinski definition) is 2. The van der Waals surface area contributed by atoms with Crippen LogP contribution in [0.15, 0.2) is 47.7 Å². The summed E-state index contributed by atoms with van der Waals surface area (Å²) in [4.78, 5) is 10.8. The zero-order valence-electron chi connectivity index (χ0n) is 14.8. The van der Waals surface area contributed by atoms with Crippen LogP contribution in [0.3, 0.4) is 0 Å². The zero-order chi connectivity index (χ0) is 17.4. The first-order chi connectivity index (χ1) is 11.0. The molecule has 3 heteroatoms. The Balaban J connectivity index is 0.000000816. The minimum atomic E-state index is -0.281. The molecule has 0 amide bonds. The lowest BCUT2D eigenvalue weighted by atomic mass is 10.0. The second-order valence-electron chi connectivity index (χ2n) is 5.45. The van der Waals surface area contributed by atoms with E-state index in [9.17, 15) is 10.1 Å². The highest BCUT2D eigenvalue weighted by Gasteiger charge is 2.24. The van der Waals surface area contributed by atoms with Gasteiger partial charge in [-0.05, 0) is 41.2 Å². The molecule has 0 bridgehead atoms. The Kier molecular flexibility index (Phi) is 7.46. The predicted molar refractivity (Wildman–Crippen MR) is 98.6 cm³/mol. The molecule has 0 N–H and O–H groups in total. The van der Waals surface area contributed by atoms with Gasteiger partial charge in [-0.2, -0.15) is 0 Å². The Hall–Kier alpha value is -2.16. The van der Waals surface area contributed by atoms with Crippen LogP contribution in [0.25, 0.3) is 11.1 Å². The van der Waals surface area contributed by atoms with Gasteiger partial charge in [-0.25, -0.2) is 0 Å². The standard InChI is InChI=1S/C17H19NO2.C3H8/c1-4-12(18(19)20)11-17-13(5-2)15-9-7-8-10-16(15)14(17)6-3;1-3-2/h5,7-11H,4,6H2,1-3H3;3H2,1-2H3/b12-11+,13-5+;. The molecular weight excluding hydrogens is 286 g/mol. The summed E-state index contributed by atoms with van der Waals surface area (Å²) in [7, 11) is 0. The summed E-state index contributed by atoms with van der Waals surface area (Å²) < 4.78 is 0. The first-order valence-electron chi connectivity index (χ1n) is 8.40. The van der Waals surface area contributed by atoms with E-state index in [1.165, 1.54) is 23.1 Å². The second-order valence-corrected chi connectivity index (χ2v) is 5.45. The molecule has 0 heterocycles. The van der Waals surface area contributed by atoms with E-state index in [0.717, 1.165) is 17.6 Å². The fourth-order valence-electron chi connectivity index (χ4n) is 2.74. The van der Waals surface area contributed by atoms with E-state index in [4.69, 9.17) is 0 Å². The SMILES string of the molecule is C/C=C1/C(/C=C(\CC)[N+](=O)[O-])=C(CC)c2ccccc21.CCC. The third-order valence-electron chi connectivity index (χ3n) is 3.71. The molecule has 124 valence electrons. The van der Waals surface area contributed by atoms with E-state index >= 15 is 0 Å². The molecule has 0 unspecified atom stereocenters. The zero-order valence-corrected chi connectivity index (χ0v) is 14.8. The van der Waals surface area contributed by atoms with Gasteiger partial charge >= 0.3 is 0 Å². The van der Waals surface area contributed by atoms with Crippen LogP contribution in [-0.4, -0.2) is 4.92 Å². The fraction of sp³-hybridized carbons (Fsp3) is 0.400. The quantitative estimate of drug-likeness (QED) is 0.486. The van der Waals surface area contributed by atoms with Crippen LogP contribution in [0.4, 0.5) is 0 Å². The Morgan fingerprint density at radius 3 is 2.13 bits per heavy atom. The van der Waals surface area contributed by atoms with E-state index in [-0.39, 0.29) is 10.6 Å². The molecule has 1 aliphatic rings. The van der Waals surface area contributed by atoms with Crippen molar-refractivity contribution >= 4 is 11.1 Å². The monoisotopic (exact) mass is 313 g/mol. The molecule has 0 aliphatic heterocycles. The maximum absolute atomic E-state index is 11.1. The number of nitro groups is 1. The van der Waals surface area contributed by atoms with Gasteiger partial charge < -0.3 is 0 Å². The second kappa shape index (κ2) is 9.09. The van der Waals surface area contributed by atoms with Gasteiger partial charge in [-0.1, -0.05) is 64.5 Å². The van der Waals surface area contributed by atoms with Gasteiger partial charge in [0.25, 0.3) is 0 Å². The van der Waals surface area contributed by atoms with E-state index < -0.39 is 0 Å². The molecule has 1 aromatic rings. The lowest BCUT2D eigenvalue weighted by molar-refractivity contribution is -0.427. The average Bonchev–Trinajstić information content (AvgIpc) is 2.85. The van der Waals surface area contributed by atoms with Gasteiger partial charge in [0.2, 0.25) is 5.70 Å². The van der Waals surface area contributed by atoms with Crippen LogP contribution in [-0.2, 0) is 0 Å². The van der Waals surface area contributed by atoms with Crippen molar-refractivity contribution in [3.05, 3.63) is 68.9 Å². The molecule has 0 radical (unpaired) electrons. The molecule has 1 aromatic carbocycles. The largest absolute Gasteiger partial charge is 0.259 e. The van der Waals surface area contributed by atoms with E-state index in [1.54, 1.807) is 6.08 Å². The van der Waals surface area contributed by atoms with Gasteiger partial charge in [0.15, 0.2) is 0 Å². The first-order valence-corrected chi connectivity index (χ1v) is 8.40. The van der Waals surface area contributed by atoms with E-state index in [0.29, 0.717) is 6.42 Å². The number of benzene rings is 1. The van der Waals surface area contributed by atoms with Crippen molar-refractivity contribution in [2.75, 3.05) is 0 Å². The summed E-state index contributed by atoms with van der Waals surface area (Å²) in [5.41, 5.74) is 5.94. The molecule has 0 saturated heterocycles. The normalized spacial score (nSPS) is 15.3. The third-order valence-corrected chi connectivity index (χ3v) is 3.71. The van der Waals surface area contributed by atoms with Crippen molar-refractivity contribution in [1.82, 2.24) is 0 Å². The molecule has 1 aliphatic carbocycles. The first kappa shape index (κ1) is 18.9. The topological polar surface area (TPSA) is 43.1 Å². The maximum atomic E-state index is 11.1. The Bertz CT molecular complexity index is 651. The van der Waals surface area contributed by atoms with Gasteiger partial charge in [-0.15, -0.1) is 0 Å². The third kappa shape index (κ3) is 4.19. The highest BCUT2D eigenvalue weighted by atomic mass is 16.6. The number of rotatable bonds is 4. The Labute approximate surface area is 139 Å². The van der Waals surface area contributed by atoms with Crippen LogP contribution in [0.1, 0.15) is 65.0 Å². The number of nitrogens with zero attached hydrogens (tertiary/aromatic N) is 1. The van der Waals surface area contributed by atoms with Crippen LogP contribution < -0.4 is 0 Å². The van der Waals surface area contributed by atoms with Gasteiger partial charge in [-0.3, -0.25) is 10.1 Å². The fourth-order valence-corrected chi connectivity index (χ4v) is 2.74.